The van der Waals surface area contributed by atoms with Gasteiger partial charge in [-0.25, -0.2) is 4.68 Å². The summed E-state index contributed by atoms with van der Waals surface area (Å²) in [7, 11) is 0. The van der Waals surface area contributed by atoms with Crippen molar-refractivity contribution in [1.82, 2.24) is 4.68 Å². The van der Waals surface area contributed by atoms with E-state index in [0.717, 1.165) is 10.0 Å². The topological polar surface area (TPSA) is 101 Å². The molecule has 4 rings (SSSR count). The molecule has 0 bridgehead atoms. The van der Waals surface area contributed by atoms with Gasteiger partial charge in [-0.05, 0) is 80.1 Å². The summed E-state index contributed by atoms with van der Waals surface area (Å²) in [4.78, 5) is 38.5. The Bertz CT molecular complexity index is 1470. The summed E-state index contributed by atoms with van der Waals surface area (Å²) in [5.74, 6) is -1.68. The average molecular weight is 570 g/mol. The standard InChI is InChI=1S/C26H22BrClN4O4/c1-3-36-20-9-7-18(8-10-20)29-25(34)26(35)31-32-22-11-5-17(27)12-16(22)13-23(32)24(33)30-19-6-4-15(2)21(28)14-19/h4-14H,3H2,1-2H3,(H,29,34)(H,30,33)(H,31,35). The van der Waals surface area contributed by atoms with Crippen LogP contribution in [-0.4, -0.2) is 29.0 Å². The largest absolute Gasteiger partial charge is 0.494 e. The molecule has 0 unspecified atom stereocenters. The van der Waals surface area contributed by atoms with E-state index < -0.39 is 17.7 Å². The predicted molar refractivity (Wildman–Crippen MR) is 144 cm³/mol. The summed E-state index contributed by atoms with van der Waals surface area (Å²) in [5, 5.41) is 6.51. The molecule has 0 saturated carbocycles. The molecule has 0 aliphatic carbocycles. The van der Waals surface area contributed by atoms with Crippen molar-refractivity contribution in [2.75, 3.05) is 22.7 Å². The van der Waals surface area contributed by atoms with Gasteiger partial charge in [-0.1, -0.05) is 33.6 Å². The molecule has 1 aromatic heterocycles. The Kier molecular flexibility index (Phi) is 7.61. The van der Waals surface area contributed by atoms with Crippen LogP contribution in [0.25, 0.3) is 10.9 Å². The molecule has 0 saturated heterocycles. The maximum atomic E-state index is 13.2. The van der Waals surface area contributed by atoms with Crippen molar-refractivity contribution in [2.24, 2.45) is 0 Å². The third kappa shape index (κ3) is 5.69. The van der Waals surface area contributed by atoms with Gasteiger partial charge in [0, 0.05) is 26.3 Å². The summed E-state index contributed by atoms with van der Waals surface area (Å²) >= 11 is 9.59. The lowest BCUT2D eigenvalue weighted by Gasteiger charge is -2.13. The number of carbonyl (C=O) groups excluding carboxylic acids is 3. The zero-order valence-corrected chi connectivity index (χ0v) is 21.7. The Morgan fingerprint density at radius 3 is 2.33 bits per heavy atom. The fraction of sp³-hybridized carbons (Fsp3) is 0.115. The molecule has 0 aliphatic rings. The lowest BCUT2D eigenvalue weighted by molar-refractivity contribution is -0.133. The Morgan fingerprint density at radius 1 is 0.917 bits per heavy atom. The van der Waals surface area contributed by atoms with Gasteiger partial charge < -0.3 is 15.4 Å². The predicted octanol–water partition coefficient (Wildman–Crippen LogP) is 5.73. The minimum Gasteiger partial charge on any atom is -0.494 e. The van der Waals surface area contributed by atoms with Crippen LogP contribution in [-0.2, 0) is 9.59 Å². The van der Waals surface area contributed by atoms with E-state index in [0.29, 0.717) is 39.7 Å². The molecule has 184 valence electrons. The Labute approximate surface area is 220 Å². The lowest BCUT2D eigenvalue weighted by atomic mass is 10.2. The van der Waals surface area contributed by atoms with E-state index in [1.165, 1.54) is 4.68 Å². The monoisotopic (exact) mass is 568 g/mol. The van der Waals surface area contributed by atoms with Crippen molar-refractivity contribution >= 4 is 67.5 Å². The highest BCUT2D eigenvalue weighted by Crippen LogP contribution is 2.25. The fourth-order valence-electron chi connectivity index (χ4n) is 3.48. The van der Waals surface area contributed by atoms with Crippen LogP contribution < -0.4 is 20.8 Å². The number of hydrogen-bond donors (Lipinski definition) is 3. The van der Waals surface area contributed by atoms with Gasteiger partial charge in [0.05, 0.1) is 12.1 Å². The maximum absolute atomic E-state index is 13.2. The van der Waals surface area contributed by atoms with E-state index in [1.54, 1.807) is 66.7 Å². The first-order valence-corrected chi connectivity index (χ1v) is 12.2. The third-order valence-electron chi connectivity index (χ3n) is 5.27. The van der Waals surface area contributed by atoms with E-state index in [-0.39, 0.29) is 5.69 Å². The van der Waals surface area contributed by atoms with E-state index in [4.69, 9.17) is 16.3 Å². The van der Waals surface area contributed by atoms with Gasteiger partial charge in [-0.15, -0.1) is 0 Å². The van der Waals surface area contributed by atoms with Crippen LogP contribution in [0.5, 0.6) is 5.75 Å². The molecule has 1 heterocycles. The normalized spacial score (nSPS) is 10.7. The molecule has 3 N–H and O–H groups in total. The smallest absolute Gasteiger partial charge is 0.328 e. The van der Waals surface area contributed by atoms with Crippen LogP contribution in [0.4, 0.5) is 11.4 Å². The minimum atomic E-state index is -0.947. The number of nitrogens with zero attached hydrogens (tertiary/aromatic N) is 1. The van der Waals surface area contributed by atoms with Crippen LogP contribution in [0, 0.1) is 6.92 Å². The highest BCUT2D eigenvalue weighted by atomic mass is 79.9. The number of rotatable bonds is 6. The van der Waals surface area contributed by atoms with E-state index in [2.05, 4.69) is 32.0 Å². The van der Waals surface area contributed by atoms with Crippen molar-refractivity contribution in [2.45, 2.75) is 13.8 Å². The second-order valence-electron chi connectivity index (χ2n) is 7.84. The van der Waals surface area contributed by atoms with Crippen molar-refractivity contribution in [3.63, 3.8) is 0 Å². The molecule has 3 aromatic carbocycles. The number of fused-ring (bicyclic) bond motifs is 1. The van der Waals surface area contributed by atoms with Crippen molar-refractivity contribution in [1.29, 1.82) is 0 Å². The Balaban J connectivity index is 1.58. The number of amides is 3. The highest BCUT2D eigenvalue weighted by Gasteiger charge is 2.21. The fourth-order valence-corrected chi connectivity index (χ4v) is 4.04. The van der Waals surface area contributed by atoms with Crippen LogP contribution >= 0.6 is 27.5 Å². The number of benzene rings is 3. The number of halogens is 2. The summed E-state index contributed by atoms with van der Waals surface area (Å²) in [6.45, 7) is 4.24. The van der Waals surface area contributed by atoms with Crippen LogP contribution in [0.1, 0.15) is 23.0 Å². The zero-order chi connectivity index (χ0) is 25.8. The van der Waals surface area contributed by atoms with E-state index in [1.807, 2.05) is 13.8 Å². The SMILES string of the molecule is CCOc1ccc(NC(=O)C(=O)Nn2c(C(=O)Nc3ccc(C)c(Cl)c3)cc3cc(Br)ccc32)cc1. The van der Waals surface area contributed by atoms with Gasteiger partial charge in [-0.3, -0.25) is 19.8 Å². The number of nitrogens with one attached hydrogen (secondary N) is 3. The van der Waals surface area contributed by atoms with Gasteiger partial charge in [0.1, 0.15) is 11.4 Å². The van der Waals surface area contributed by atoms with Crippen molar-refractivity contribution < 1.29 is 19.1 Å². The van der Waals surface area contributed by atoms with Crippen molar-refractivity contribution in [3.8, 4) is 5.75 Å². The second kappa shape index (κ2) is 10.8. The molecule has 0 fully saturated rings. The van der Waals surface area contributed by atoms with Gasteiger partial charge in [0.15, 0.2) is 0 Å². The first-order valence-electron chi connectivity index (χ1n) is 11.0. The summed E-state index contributed by atoms with van der Waals surface area (Å²) in [6.07, 6.45) is 0. The second-order valence-corrected chi connectivity index (χ2v) is 9.16. The molecular formula is C26H22BrClN4O4. The highest BCUT2D eigenvalue weighted by molar-refractivity contribution is 9.10. The molecule has 0 atom stereocenters. The van der Waals surface area contributed by atoms with Crippen molar-refractivity contribution in [3.05, 3.63) is 87.5 Å². The number of aromatic nitrogens is 1. The number of aryl methyl sites for hydroxylation is 1. The van der Waals surface area contributed by atoms with Gasteiger partial charge in [0.25, 0.3) is 5.91 Å². The Morgan fingerprint density at radius 2 is 1.64 bits per heavy atom. The average Bonchev–Trinajstić information content (AvgIpc) is 3.20. The molecule has 0 radical (unpaired) electrons. The number of carbonyl (C=O) groups is 3. The molecule has 4 aromatic rings. The Hall–Kier alpha value is -3.82. The number of ether oxygens (including phenoxy) is 1. The summed E-state index contributed by atoms with van der Waals surface area (Å²) in [5.41, 5.74) is 4.99. The van der Waals surface area contributed by atoms with Crippen LogP contribution in [0.15, 0.2) is 71.2 Å². The first kappa shape index (κ1) is 25.3. The molecule has 36 heavy (non-hydrogen) atoms. The number of anilines is 2. The molecule has 0 spiro atoms. The number of hydrogen-bond acceptors (Lipinski definition) is 4. The van der Waals surface area contributed by atoms with Crippen LogP contribution in [0.3, 0.4) is 0 Å². The van der Waals surface area contributed by atoms with Gasteiger partial charge >= 0.3 is 11.8 Å². The molecule has 8 nitrogen and oxygen atoms in total. The summed E-state index contributed by atoms with van der Waals surface area (Å²) < 4.78 is 7.46. The quantitative estimate of drug-likeness (QED) is 0.258. The maximum Gasteiger partial charge on any atom is 0.328 e. The van der Waals surface area contributed by atoms with Gasteiger partial charge in [0.2, 0.25) is 0 Å². The van der Waals surface area contributed by atoms with Gasteiger partial charge in [-0.2, -0.15) is 0 Å². The van der Waals surface area contributed by atoms with E-state index >= 15 is 0 Å². The molecule has 10 heteroatoms. The minimum absolute atomic E-state index is 0.127. The third-order valence-corrected chi connectivity index (χ3v) is 6.17. The van der Waals surface area contributed by atoms with E-state index in [9.17, 15) is 14.4 Å². The summed E-state index contributed by atoms with van der Waals surface area (Å²) in [6, 6.07) is 18.7. The zero-order valence-electron chi connectivity index (χ0n) is 19.4. The molecule has 3 amide bonds. The molecule has 0 aliphatic heterocycles. The van der Waals surface area contributed by atoms with Crippen LogP contribution in [0.2, 0.25) is 5.02 Å². The lowest BCUT2D eigenvalue weighted by Crippen LogP contribution is -2.36. The molecular weight excluding hydrogens is 548 g/mol. The first-order chi connectivity index (χ1) is 17.2.